The maximum absolute atomic E-state index is 12.5. The topological polar surface area (TPSA) is 55.8 Å². The van der Waals surface area contributed by atoms with Crippen LogP contribution in [0.5, 0.6) is 0 Å². The summed E-state index contributed by atoms with van der Waals surface area (Å²) in [5.74, 6) is -0.955. The Hall–Kier alpha value is -1.10. The van der Waals surface area contributed by atoms with Gasteiger partial charge in [-0.3, -0.25) is 4.79 Å². The summed E-state index contributed by atoms with van der Waals surface area (Å²) in [5.41, 5.74) is -1.17. The molecule has 0 rings (SSSR count). The van der Waals surface area contributed by atoms with E-state index in [9.17, 15) is 9.59 Å². The Morgan fingerprint density at radius 2 is 1.60 bits per heavy atom. The van der Waals surface area contributed by atoms with E-state index in [1.54, 1.807) is 12.0 Å². The maximum Gasteiger partial charge on any atom is 0.342 e. The lowest BCUT2D eigenvalue weighted by molar-refractivity contribution is -0.206. The number of hydrogen-bond acceptors (Lipinski definition) is 5. The molecule has 0 N–H and O–H groups in total. The van der Waals surface area contributed by atoms with Crippen LogP contribution in [0.2, 0.25) is 0 Å². The van der Waals surface area contributed by atoms with Crippen LogP contribution in [0.3, 0.4) is 0 Å². The predicted octanol–water partition coefficient (Wildman–Crippen LogP) is 2.94. The van der Waals surface area contributed by atoms with E-state index < -0.39 is 17.4 Å². The summed E-state index contributed by atoms with van der Waals surface area (Å²) in [7, 11) is 0. The Balaban J connectivity index is 5.15. The standard InChI is InChI=1S/C15H29NO4/c1-6-11-12-15(7-2,13(17)19-10-5)14(18)20-16(8-3)9-4/h6-12H2,1-5H3. The monoisotopic (exact) mass is 287 g/mol. The quantitative estimate of drug-likeness (QED) is 0.351. The molecule has 1 atom stereocenters. The average molecular weight is 287 g/mol. The van der Waals surface area contributed by atoms with Crippen LogP contribution < -0.4 is 0 Å². The molecule has 0 aromatic rings. The fourth-order valence-electron chi connectivity index (χ4n) is 2.06. The first-order chi connectivity index (χ1) is 9.52. The molecular weight excluding hydrogens is 258 g/mol. The van der Waals surface area contributed by atoms with Crippen LogP contribution in [0.25, 0.3) is 0 Å². The summed E-state index contributed by atoms with van der Waals surface area (Å²) < 4.78 is 5.11. The number of unbranched alkanes of at least 4 members (excludes halogenated alkanes) is 1. The summed E-state index contributed by atoms with van der Waals surface area (Å²) in [6.45, 7) is 10.9. The summed E-state index contributed by atoms with van der Waals surface area (Å²) in [4.78, 5) is 30.1. The lowest BCUT2D eigenvalue weighted by Crippen LogP contribution is -2.44. The zero-order chi connectivity index (χ0) is 15.6. The SMILES string of the molecule is CCCCC(CC)(C(=O)OCC)C(=O)ON(CC)CC. The molecule has 0 saturated carbocycles. The zero-order valence-electron chi connectivity index (χ0n) is 13.5. The molecule has 0 spiro atoms. The molecule has 1 unspecified atom stereocenters. The molecule has 0 fully saturated rings. The van der Waals surface area contributed by atoms with E-state index in [0.29, 0.717) is 25.9 Å². The lowest BCUT2D eigenvalue weighted by atomic mass is 9.80. The molecule has 0 aliphatic carbocycles. The Labute approximate surface area is 122 Å². The van der Waals surface area contributed by atoms with Gasteiger partial charge in [-0.2, -0.15) is 0 Å². The summed E-state index contributed by atoms with van der Waals surface area (Å²) in [5, 5.41) is 1.55. The van der Waals surface area contributed by atoms with E-state index in [0.717, 1.165) is 12.8 Å². The molecule has 0 bridgehead atoms. The van der Waals surface area contributed by atoms with E-state index >= 15 is 0 Å². The highest BCUT2D eigenvalue weighted by molar-refractivity contribution is 5.99. The van der Waals surface area contributed by atoms with E-state index in [1.165, 1.54) is 0 Å². The molecule has 0 heterocycles. The normalized spacial score (nSPS) is 13.9. The number of esters is 1. The Morgan fingerprint density at radius 3 is 2.00 bits per heavy atom. The largest absolute Gasteiger partial charge is 0.465 e. The minimum Gasteiger partial charge on any atom is -0.465 e. The number of rotatable bonds is 10. The first-order valence-corrected chi connectivity index (χ1v) is 7.66. The van der Waals surface area contributed by atoms with Gasteiger partial charge in [0, 0.05) is 13.1 Å². The maximum atomic E-state index is 12.5. The van der Waals surface area contributed by atoms with E-state index in [4.69, 9.17) is 9.57 Å². The molecule has 0 amide bonds. The van der Waals surface area contributed by atoms with Gasteiger partial charge in [0.25, 0.3) is 0 Å². The highest BCUT2D eigenvalue weighted by Gasteiger charge is 2.47. The van der Waals surface area contributed by atoms with Gasteiger partial charge in [0.2, 0.25) is 0 Å². The van der Waals surface area contributed by atoms with Crippen molar-refractivity contribution >= 4 is 11.9 Å². The van der Waals surface area contributed by atoms with Crippen LogP contribution in [-0.4, -0.2) is 36.7 Å². The third kappa shape index (κ3) is 4.78. The molecular formula is C15H29NO4. The number of nitrogens with zero attached hydrogens (tertiary/aromatic N) is 1. The van der Waals surface area contributed by atoms with Crippen molar-refractivity contribution in [2.75, 3.05) is 19.7 Å². The van der Waals surface area contributed by atoms with Crippen LogP contribution in [0.4, 0.5) is 0 Å². The highest BCUT2D eigenvalue weighted by Crippen LogP contribution is 2.32. The van der Waals surface area contributed by atoms with E-state index in [-0.39, 0.29) is 6.61 Å². The minimum atomic E-state index is -1.17. The van der Waals surface area contributed by atoms with Crippen molar-refractivity contribution in [1.29, 1.82) is 0 Å². The second kappa shape index (κ2) is 9.75. The second-order valence-electron chi connectivity index (χ2n) is 4.75. The third-order valence-corrected chi connectivity index (χ3v) is 3.53. The second-order valence-corrected chi connectivity index (χ2v) is 4.75. The fourth-order valence-corrected chi connectivity index (χ4v) is 2.06. The van der Waals surface area contributed by atoms with Gasteiger partial charge in [0.15, 0.2) is 5.41 Å². The highest BCUT2D eigenvalue weighted by atomic mass is 16.7. The van der Waals surface area contributed by atoms with Gasteiger partial charge in [-0.15, -0.1) is 5.06 Å². The van der Waals surface area contributed by atoms with Crippen LogP contribution in [0.15, 0.2) is 0 Å². The van der Waals surface area contributed by atoms with Crippen molar-refractivity contribution in [3.8, 4) is 0 Å². The van der Waals surface area contributed by atoms with Crippen LogP contribution >= 0.6 is 0 Å². The van der Waals surface area contributed by atoms with Crippen LogP contribution in [0.1, 0.15) is 60.3 Å². The summed E-state index contributed by atoms with van der Waals surface area (Å²) >= 11 is 0. The van der Waals surface area contributed by atoms with Crippen molar-refractivity contribution in [3.05, 3.63) is 0 Å². The van der Waals surface area contributed by atoms with Crippen molar-refractivity contribution in [2.45, 2.75) is 60.3 Å². The molecule has 0 saturated heterocycles. The van der Waals surface area contributed by atoms with Gasteiger partial charge in [-0.05, 0) is 33.6 Å². The molecule has 118 valence electrons. The van der Waals surface area contributed by atoms with Crippen molar-refractivity contribution in [1.82, 2.24) is 5.06 Å². The van der Waals surface area contributed by atoms with Crippen LogP contribution in [-0.2, 0) is 19.2 Å². The molecule has 0 aliphatic rings. The third-order valence-electron chi connectivity index (χ3n) is 3.53. The van der Waals surface area contributed by atoms with Gasteiger partial charge in [0.05, 0.1) is 6.61 Å². The zero-order valence-corrected chi connectivity index (χ0v) is 13.5. The van der Waals surface area contributed by atoms with Crippen molar-refractivity contribution in [3.63, 3.8) is 0 Å². The first-order valence-electron chi connectivity index (χ1n) is 7.66. The lowest BCUT2D eigenvalue weighted by Gasteiger charge is -2.30. The fraction of sp³-hybridized carbons (Fsp3) is 0.867. The van der Waals surface area contributed by atoms with Gasteiger partial charge >= 0.3 is 11.9 Å². The molecule has 0 radical (unpaired) electrons. The van der Waals surface area contributed by atoms with Gasteiger partial charge in [0.1, 0.15) is 0 Å². The Morgan fingerprint density at radius 1 is 1.00 bits per heavy atom. The first kappa shape index (κ1) is 18.9. The van der Waals surface area contributed by atoms with Crippen LogP contribution in [0, 0.1) is 5.41 Å². The summed E-state index contributed by atoms with van der Waals surface area (Å²) in [6, 6.07) is 0. The van der Waals surface area contributed by atoms with Gasteiger partial charge in [-0.25, -0.2) is 4.79 Å². The molecule has 5 heteroatoms. The smallest absolute Gasteiger partial charge is 0.342 e. The number of carbonyl (C=O) groups is 2. The van der Waals surface area contributed by atoms with E-state index in [2.05, 4.69) is 0 Å². The van der Waals surface area contributed by atoms with Crippen molar-refractivity contribution < 1.29 is 19.2 Å². The number of hydrogen-bond donors (Lipinski definition) is 0. The Bertz CT molecular complexity index is 302. The Kier molecular flexibility index (Phi) is 9.21. The number of hydroxylamine groups is 2. The summed E-state index contributed by atoms with van der Waals surface area (Å²) in [6.07, 6.45) is 2.57. The minimum absolute atomic E-state index is 0.269. The predicted molar refractivity (Wildman–Crippen MR) is 77.9 cm³/mol. The molecule has 0 aromatic heterocycles. The van der Waals surface area contributed by atoms with Gasteiger partial charge in [-0.1, -0.05) is 26.7 Å². The van der Waals surface area contributed by atoms with Crippen molar-refractivity contribution in [2.24, 2.45) is 5.41 Å². The average Bonchev–Trinajstić information content (AvgIpc) is 2.46. The molecule has 20 heavy (non-hydrogen) atoms. The molecule has 0 aromatic carbocycles. The molecule has 5 nitrogen and oxygen atoms in total. The molecule has 0 aliphatic heterocycles. The number of carbonyl (C=O) groups excluding carboxylic acids is 2. The van der Waals surface area contributed by atoms with E-state index in [1.807, 2.05) is 27.7 Å². The number of ether oxygens (including phenoxy) is 1. The van der Waals surface area contributed by atoms with Gasteiger partial charge < -0.3 is 9.57 Å².